The summed E-state index contributed by atoms with van der Waals surface area (Å²) in [4.78, 5) is 57.2. The fourth-order valence-electron chi connectivity index (χ4n) is 2.94. The zero-order valence-corrected chi connectivity index (χ0v) is 21.7. The highest BCUT2D eigenvalue weighted by atomic mass is 32.2. The molecule has 0 heterocycles. The van der Waals surface area contributed by atoms with Crippen LogP contribution in [0.15, 0.2) is 9.98 Å². The lowest BCUT2D eigenvalue weighted by atomic mass is 10.1. The highest BCUT2D eigenvalue weighted by Gasteiger charge is 2.29. The molecule has 0 aliphatic heterocycles. The zero-order chi connectivity index (χ0) is 28.4. The van der Waals surface area contributed by atoms with Gasteiger partial charge in [-0.05, 0) is 44.1 Å². The molecule has 3 amide bonds. The fourth-order valence-corrected chi connectivity index (χ4v) is 3.41. The number of aliphatic hydroxyl groups is 1. The summed E-state index contributed by atoms with van der Waals surface area (Å²) in [6.45, 7) is -0.392. The molecule has 0 rings (SSSR count). The average molecular weight is 549 g/mol. The number of hydrogen-bond acceptors (Lipinski definition) is 9. The summed E-state index contributed by atoms with van der Waals surface area (Å²) in [5.41, 5.74) is 27.0. The Bertz CT molecular complexity index is 804. The topological polar surface area (TPSA) is 300 Å². The number of hydrogen-bond donors (Lipinski definition) is 10. The van der Waals surface area contributed by atoms with Crippen LogP contribution in [0.2, 0.25) is 0 Å². The maximum Gasteiger partial charge on any atom is 0.328 e. The summed E-state index contributed by atoms with van der Waals surface area (Å²) in [6.07, 6.45) is 3.12. The lowest BCUT2D eigenvalue weighted by Gasteiger charge is -2.25. The van der Waals surface area contributed by atoms with Gasteiger partial charge in [0.25, 0.3) is 0 Å². The number of nitrogens with one attached hydrogen (secondary N) is 3. The van der Waals surface area contributed by atoms with Crippen LogP contribution in [0.4, 0.5) is 0 Å². The minimum atomic E-state index is -1.56. The molecule has 0 saturated heterocycles. The van der Waals surface area contributed by atoms with Crippen LogP contribution in [-0.2, 0) is 19.2 Å². The molecule has 0 aromatic heterocycles. The normalized spacial score (nSPS) is 13.8. The van der Waals surface area contributed by atoms with Crippen LogP contribution >= 0.6 is 11.8 Å². The lowest BCUT2D eigenvalue weighted by Crippen LogP contribution is -2.57. The molecule has 37 heavy (non-hydrogen) atoms. The van der Waals surface area contributed by atoms with Crippen LogP contribution in [0.5, 0.6) is 0 Å². The van der Waals surface area contributed by atoms with Crippen LogP contribution < -0.4 is 44.6 Å². The third-order valence-corrected chi connectivity index (χ3v) is 5.57. The van der Waals surface area contributed by atoms with Crippen LogP contribution in [0, 0.1) is 0 Å². The molecule has 17 heteroatoms. The minimum Gasteiger partial charge on any atom is -0.480 e. The molecule has 4 unspecified atom stereocenters. The van der Waals surface area contributed by atoms with E-state index >= 15 is 0 Å². The Labute approximate surface area is 219 Å². The molecule has 0 aromatic rings. The number of nitrogens with two attached hydrogens (primary N) is 5. The van der Waals surface area contributed by atoms with Gasteiger partial charge in [0.2, 0.25) is 17.7 Å². The van der Waals surface area contributed by atoms with E-state index in [4.69, 9.17) is 33.8 Å². The lowest BCUT2D eigenvalue weighted by molar-refractivity contribution is -0.143. The minimum absolute atomic E-state index is 0.0552. The van der Waals surface area contributed by atoms with E-state index in [-0.39, 0.29) is 44.1 Å². The largest absolute Gasteiger partial charge is 0.480 e. The molecule has 0 aliphatic carbocycles. The highest BCUT2D eigenvalue weighted by Crippen LogP contribution is 2.06. The molecular weight excluding hydrogens is 508 g/mol. The van der Waals surface area contributed by atoms with E-state index in [9.17, 15) is 24.3 Å². The summed E-state index contributed by atoms with van der Waals surface area (Å²) in [7, 11) is 0. The Morgan fingerprint density at radius 2 is 1.24 bits per heavy atom. The van der Waals surface area contributed by atoms with Crippen LogP contribution in [0.1, 0.15) is 32.1 Å². The molecule has 212 valence electrons. The van der Waals surface area contributed by atoms with Crippen molar-refractivity contribution < 1.29 is 29.4 Å². The van der Waals surface area contributed by atoms with E-state index in [0.29, 0.717) is 18.7 Å². The second-order valence-electron chi connectivity index (χ2n) is 7.99. The van der Waals surface area contributed by atoms with Crippen molar-refractivity contribution in [2.24, 2.45) is 38.7 Å². The molecule has 0 fully saturated rings. The first-order chi connectivity index (χ1) is 17.4. The van der Waals surface area contributed by atoms with Gasteiger partial charge in [-0.1, -0.05) is 0 Å². The van der Waals surface area contributed by atoms with Gasteiger partial charge in [-0.2, -0.15) is 11.8 Å². The monoisotopic (exact) mass is 548 g/mol. The summed E-state index contributed by atoms with van der Waals surface area (Å²) >= 11 is 1.45. The van der Waals surface area contributed by atoms with Crippen molar-refractivity contribution in [2.45, 2.75) is 56.3 Å². The summed E-state index contributed by atoms with van der Waals surface area (Å²) in [5, 5.41) is 25.6. The SMILES string of the molecule is CSCCC(NC(=O)C(N)CCCN=C(N)N)C(=O)NC(CCCN=C(N)N)C(=O)NC(CO)C(=O)O. The van der Waals surface area contributed by atoms with E-state index in [2.05, 4.69) is 25.9 Å². The number of aliphatic imine (C=N–C) groups is 2. The van der Waals surface area contributed by atoms with Gasteiger partial charge in [0.1, 0.15) is 18.1 Å². The number of carboxylic acid groups (broad SMARTS) is 1. The quantitative estimate of drug-likeness (QED) is 0.0416. The van der Waals surface area contributed by atoms with Gasteiger partial charge < -0.3 is 54.8 Å². The van der Waals surface area contributed by atoms with Crippen molar-refractivity contribution in [1.29, 1.82) is 0 Å². The number of amides is 3. The molecule has 0 aromatic carbocycles. The Hall–Kier alpha value is -3.31. The Kier molecular flexibility index (Phi) is 17.2. The molecule has 0 spiro atoms. The van der Waals surface area contributed by atoms with E-state index in [0.717, 1.165) is 0 Å². The van der Waals surface area contributed by atoms with Gasteiger partial charge in [0.05, 0.1) is 12.6 Å². The molecule has 4 atom stereocenters. The third kappa shape index (κ3) is 15.4. The van der Waals surface area contributed by atoms with Crippen molar-refractivity contribution in [3.8, 4) is 0 Å². The van der Waals surface area contributed by atoms with Crippen molar-refractivity contribution in [2.75, 3.05) is 31.7 Å². The Morgan fingerprint density at radius 1 is 0.784 bits per heavy atom. The van der Waals surface area contributed by atoms with E-state index in [1.807, 2.05) is 6.26 Å². The van der Waals surface area contributed by atoms with Gasteiger partial charge in [-0.15, -0.1) is 0 Å². The number of carbonyl (C=O) groups excluding carboxylic acids is 3. The Balaban J connectivity index is 5.41. The van der Waals surface area contributed by atoms with Crippen LogP contribution in [-0.4, -0.2) is 102 Å². The van der Waals surface area contributed by atoms with Crippen molar-refractivity contribution in [3.05, 3.63) is 0 Å². The predicted molar refractivity (Wildman–Crippen MR) is 141 cm³/mol. The van der Waals surface area contributed by atoms with Crippen LogP contribution in [0.25, 0.3) is 0 Å². The molecular formula is C20H40N10O6S. The number of aliphatic carboxylic acids is 1. The Morgan fingerprint density at radius 3 is 1.70 bits per heavy atom. The average Bonchev–Trinajstić information content (AvgIpc) is 2.83. The number of carbonyl (C=O) groups is 4. The van der Waals surface area contributed by atoms with Crippen LogP contribution in [0.3, 0.4) is 0 Å². The maximum atomic E-state index is 13.1. The highest BCUT2D eigenvalue weighted by molar-refractivity contribution is 7.98. The van der Waals surface area contributed by atoms with Gasteiger partial charge in [0, 0.05) is 13.1 Å². The number of thioether (sulfide) groups is 1. The maximum absolute atomic E-state index is 13.1. The van der Waals surface area contributed by atoms with Gasteiger partial charge in [-0.25, -0.2) is 4.79 Å². The smallest absolute Gasteiger partial charge is 0.328 e. The van der Waals surface area contributed by atoms with E-state index in [1.165, 1.54) is 11.8 Å². The molecule has 0 saturated carbocycles. The molecule has 15 N–H and O–H groups in total. The first kappa shape index (κ1) is 33.7. The number of nitrogens with zero attached hydrogens (tertiary/aromatic N) is 2. The third-order valence-electron chi connectivity index (χ3n) is 4.92. The predicted octanol–water partition coefficient (Wildman–Crippen LogP) is -4.29. The second kappa shape index (κ2) is 18.9. The fraction of sp³-hybridized carbons (Fsp3) is 0.700. The summed E-state index contributed by atoms with van der Waals surface area (Å²) in [6, 6.07) is -4.67. The zero-order valence-electron chi connectivity index (χ0n) is 20.9. The van der Waals surface area contributed by atoms with E-state index < -0.39 is 54.5 Å². The van der Waals surface area contributed by atoms with Gasteiger partial charge in [0.15, 0.2) is 11.9 Å². The molecule has 0 bridgehead atoms. The summed E-state index contributed by atoms with van der Waals surface area (Å²) < 4.78 is 0. The first-order valence-electron chi connectivity index (χ1n) is 11.5. The number of aliphatic hydroxyl groups excluding tert-OH is 1. The molecule has 0 radical (unpaired) electrons. The van der Waals surface area contributed by atoms with Gasteiger partial charge in [-0.3, -0.25) is 24.4 Å². The molecule has 0 aliphatic rings. The number of carboxylic acids is 1. The number of rotatable bonds is 19. The van der Waals surface area contributed by atoms with Crippen molar-refractivity contribution in [3.63, 3.8) is 0 Å². The van der Waals surface area contributed by atoms with E-state index in [1.54, 1.807) is 0 Å². The van der Waals surface area contributed by atoms with Crippen molar-refractivity contribution >= 4 is 47.4 Å². The summed E-state index contributed by atoms with van der Waals surface area (Å²) in [5.74, 6) is -3.20. The second-order valence-corrected chi connectivity index (χ2v) is 8.98. The van der Waals surface area contributed by atoms with Gasteiger partial charge >= 0.3 is 5.97 Å². The molecule has 16 nitrogen and oxygen atoms in total. The standard InChI is InChI=1S/C20H40N10O6S/c1-37-9-6-13(28-15(32)11(21)4-2-7-26-19(22)23)17(34)29-12(5-3-8-27-20(24)25)16(33)30-14(10-31)18(35)36/h11-14,31H,2-10,21H2,1H3,(H,28,32)(H,29,34)(H,30,33)(H,35,36)(H4,22,23,26)(H4,24,25,27). The van der Waals surface area contributed by atoms with Crippen molar-refractivity contribution in [1.82, 2.24) is 16.0 Å². The number of guanidine groups is 2. The first-order valence-corrected chi connectivity index (χ1v) is 12.9.